The van der Waals surface area contributed by atoms with Gasteiger partial charge in [0, 0.05) is 0 Å². The summed E-state index contributed by atoms with van der Waals surface area (Å²) < 4.78 is 1.33. The summed E-state index contributed by atoms with van der Waals surface area (Å²) in [5.41, 5.74) is 0.449. The van der Waals surface area contributed by atoms with Crippen LogP contribution in [0.1, 0.15) is 20.7 Å². The summed E-state index contributed by atoms with van der Waals surface area (Å²) in [4.78, 5) is 22.2. The van der Waals surface area contributed by atoms with E-state index in [1.807, 2.05) is 0 Å². The molecule has 0 aliphatic carbocycles. The maximum absolute atomic E-state index is 11.1. The predicted octanol–water partition coefficient (Wildman–Crippen LogP) is 0.738. The van der Waals surface area contributed by atoms with Gasteiger partial charge in [0.1, 0.15) is 0 Å². The van der Waals surface area contributed by atoms with Crippen molar-refractivity contribution in [3.05, 3.63) is 59.7 Å². The summed E-state index contributed by atoms with van der Waals surface area (Å²) in [5.74, 6) is -1.99. The fourth-order valence-corrected chi connectivity index (χ4v) is 3.81. The van der Waals surface area contributed by atoms with Crippen LogP contribution in [-0.2, 0) is 0 Å². The Kier molecular flexibility index (Phi) is 4.00. The molecule has 2 rings (SSSR count). The van der Waals surface area contributed by atoms with Crippen LogP contribution >= 0.6 is 0 Å². The van der Waals surface area contributed by atoms with Crippen molar-refractivity contribution in [1.29, 1.82) is 0 Å². The van der Waals surface area contributed by atoms with Crippen LogP contribution < -0.4 is 8.92 Å². The molecule has 0 aliphatic rings. The summed E-state index contributed by atoms with van der Waals surface area (Å²) in [7, 11) is 0. The molecule has 19 heavy (non-hydrogen) atoms. The number of aromatic carboxylic acids is 2. The number of hydrogen-bond donors (Lipinski definition) is 2. The maximum atomic E-state index is 11.1. The third-order valence-electron chi connectivity index (χ3n) is 2.45. The van der Waals surface area contributed by atoms with Crippen LogP contribution in [0, 0.1) is 0 Å². The molecular formula is C14H10O4Se. The Morgan fingerprint density at radius 3 is 1.47 bits per heavy atom. The van der Waals surface area contributed by atoms with Gasteiger partial charge in [-0.1, -0.05) is 0 Å². The third-order valence-corrected chi connectivity index (χ3v) is 4.87. The molecule has 0 unspecified atom stereocenters. The first-order chi connectivity index (χ1) is 9.09. The molecule has 0 aromatic heterocycles. The molecule has 0 bridgehead atoms. The van der Waals surface area contributed by atoms with Crippen molar-refractivity contribution >= 4 is 35.8 Å². The SMILES string of the molecule is O=C(O)c1ccccc1[Se]c1ccccc1C(=O)O. The number of carboxylic acid groups (broad SMARTS) is 2. The molecule has 0 spiro atoms. The zero-order valence-electron chi connectivity index (χ0n) is 9.74. The average molecular weight is 321 g/mol. The van der Waals surface area contributed by atoms with Crippen LogP contribution in [0.5, 0.6) is 0 Å². The Morgan fingerprint density at radius 1 is 0.737 bits per heavy atom. The Labute approximate surface area is 115 Å². The summed E-state index contributed by atoms with van der Waals surface area (Å²) in [6.45, 7) is 0. The van der Waals surface area contributed by atoms with Crippen LogP contribution in [0.2, 0.25) is 0 Å². The monoisotopic (exact) mass is 322 g/mol. The molecule has 0 amide bonds. The van der Waals surface area contributed by atoms with Crippen molar-refractivity contribution in [2.45, 2.75) is 0 Å². The molecule has 4 nitrogen and oxygen atoms in total. The number of carboxylic acids is 2. The van der Waals surface area contributed by atoms with E-state index in [-0.39, 0.29) is 26.1 Å². The second kappa shape index (κ2) is 5.69. The first kappa shape index (κ1) is 13.3. The Bertz CT molecular complexity index is 581. The van der Waals surface area contributed by atoms with Gasteiger partial charge in [0.25, 0.3) is 0 Å². The molecule has 2 N–H and O–H groups in total. The van der Waals surface area contributed by atoms with Crippen molar-refractivity contribution in [2.24, 2.45) is 0 Å². The minimum absolute atomic E-state index is 0.225. The molecule has 96 valence electrons. The third kappa shape index (κ3) is 3.02. The van der Waals surface area contributed by atoms with Crippen molar-refractivity contribution in [1.82, 2.24) is 0 Å². The van der Waals surface area contributed by atoms with Gasteiger partial charge in [-0.25, -0.2) is 0 Å². The molecule has 2 aromatic rings. The molecule has 0 heterocycles. The van der Waals surface area contributed by atoms with Gasteiger partial charge < -0.3 is 0 Å². The number of benzene rings is 2. The van der Waals surface area contributed by atoms with Crippen molar-refractivity contribution in [2.75, 3.05) is 0 Å². The summed E-state index contributed by atoms with van der Waals surface area (Å²) in [6.07, 6.45) is 0. The van der Waals surface area contributed by atoms with Gasteiger partial charge in [-0.2, -0.15) is 0 Å². The molecule has 2 aromatic carbocycles. The van der Waals surface area contributed by atoms with Gasteiger partial charge >= 0.3 is 115 Å². The first-order valence-electron chi connectivity index (χ1n) is 5.42. The topological polar surface area (TPSA) is 74.6 Å². The van der Waals surface area contributed by atoms with E-state index in [0.717, 1.165) is 0 Å². The number of carbonyl (C=O) groups is 2. The molecule has 5 heteroatoms. The minimum atomic E-state index is -0.995. The van der Waals surface area contributed by atoms with E-state index in [0.29, 0.717) is 8.92 Å². The molecule has 0 fully saturated rings. The van der Waals surface area contributed by atoms with E-state index in [9.17, 15) is 9.59 Å². The number of hydrogen-bond acceptors (Lipinski definition) is 2. The van der Waals surface area contributed by atoms with Crippen molar-refractivity contribution in [3.63, 3.8) is 0 Å². The molecule has 0 saturated heterocycles. The van der Waals surface area contributed by atoms with Crippen LogP contribution in [0.3, 0.4) is 0 Å². The zero-order valence-corrected chi connectivity index (χ0v) is 11.5. The molecule has 0 atom stereocenters. The summed E-state index contributed by atoms with van der Waals surface area (Å²) >= 11 is -0.357. The summed E-state index contributed by atoms with van der Waals surface area (Å²) in [6, 6.07) is 13.3. The fourth-order valence-electron chi connectivity index (χ4n) is 1.58. The predicted molar refractivity (Wildman–Crippen MR) is 71.8 cm³/mol. The quantitative estimate of drug-likeness (QED) is 0.815. The molecular weight excluding hydrogens is 311 g/mol. The standard InChI is InChI=1S/C14H10O4Se/c15-13(16)9-5-1-3-7-11(9)19-12-8-4-2-6-10(12)14(17)18/h1-8H,(H,15,16)(H,17,18). The van der Waals surface area contributed by atoms with E-state index in [1.54, 1.807) is 36.4 Å². The van der Waals surface area contributed by atoms with Crippen LogP contribution in [0.25, 0.3) is 0 Å². The zero-order chi connectivity index (χ0) is 13.8. The van der Waals surface area contributed by atoms with E-state index >= 15 is 0 Å². The van der Waals surface area contributed by atoms with Gasteiger partial charge in [0.2, 0.25) is 0 Å². The average Bonchev–Trinajstić information content (AvgIpc) is 2.39. The van der Waals surface area contributed by atoms with Gasteiger partial charge in [-0.3, -0.25) is 0 Å². The van der Waals surface area contributed by atoms with Gasteiger partial charge in [0.05, 0.1) is 0 Å². The van der Waals surface area contributed by atoms with E-state index in [1.165, 1.54) is 12.1 Å². The van der Waals surface area contributed by atoms with Crippen LogP contribution in [0.4, 0.5) is 0 Å². The van der Waals surface area contributed by atoms with E-state index < -0.39 is 11.9 Å². The van der Waals surface area contributed by atoms with E-state index in [2.05, 4.69) is 0 Å². The summed E-state index contributed by atoms with van der Waals surface area (Å²) in [5, 5.41) is 18.2. The van der Waals surface area contributed by atoms with Crippen LogP contribution in [-0.4, -0.2) is 37.1 Å². The van der Waals surface area contributed by atoms with E-state index in [4.69, 9.17) is 10.2 Å². The van der Waals surface area contributed by atoms with Crippen LogP contribution in [0.15, 0.2) is 48.5 Å². The Morgan fingerprint density at radius 2 is 1.11 bits per heavy atom. The number of rotatable bonds is 4. The van der Waals surface area contributed by atoms with Gasteiger partial charge in [-0.05, 0) is 0 Å². The molecule has 0 radical (unpaired) electrons. The second-order valence-corrected chi connectivity index (χ2v) is 5.98. The van der Waals surface area contributed by atoms with Crippen molar-refractivity contribution in [3.8, 4) is 0 Å². The first-order valence-corrected chi connectivity index (χ1v) is 7.13. The molecule has 0 aliphatic heterocycles. The van der Waals surface area contributed by atoms with Crippen molar-refractivity contribution < 1.29 is 19.8 Å². The second-order valence-electron chi connectivity index (χ2n) is 3.70. The van der Waals surface area contributed by atoms with Gasteiger partial charge in [0.15, 0.2) is 0 Å². The Hall–Kier alpha value is -2.10. The normalized spacial score (nSPS) is 10.1. The fraction of sp³-hybridized carbons (Fsp3) is 0. The molecule has 0 saturated carbocycles. The van der Waals surface area contributed by atoms with Gasteiger partial charge in [-0.15, -0.1) is 0 Å². The Balaban J connectivity index is 2.42.